The molecule has 0 saturated carbocycles. The van der Waals surface area contributed by atoms with Crippen molar-refractivity contribution in [2.24, 2.45) is 5.92 Å². The van der Waals surface area contributed by atoms with Crippen molar-refractivity contribution >= 4 is 15.9 Å². The number of benzene rings is 1. The van der Waals surface area contributed by atoms with Crippen molar-refractivity contribution in [2.45, 2.75) is 19.4 Å². The van der Waals surface area contributed by atoms with E-state index < -0.39 is 10.0 Å². The van der Waals surface area contributed by atoms with Gasteiger partial charge in [-0.05, 0) is 30.5 Å². The highest BCUT2D eigenvalue weighted by Crippen LogP contribution is 2.19. The first-order chi connectivity index (χ1) is 9.86. The summed E-state index contributed by atoms with van der Waals surface area (Å²) in [4.78, 5) is 12.1. The van der Waals surface area contributed by atoms with Gasteiger partial charge in [-0.25, -0.2) is 17.1 Å². The molecule has 1 aromatic carbocycles. The Hall–Kier alpha value is -1.47. The number of carbonyl (C=O) groups excluding carboxylic acids is 1. The van der Waals surface area contributed by atoms with Gasteiger partial charge < -0.3 is 5.32 Å². The van der Waals surface area contributed by atoms with Gasteiger partial charge in [-0.15, -0.1) is 0 Å². The highest BCUT2D eigenvalue weighted by atomic mass is 32.2. The number of piperidine rings is 1. The first kappa shape index (κ1) is 15.9. The quantitative estimate of drug-likeness (QED) is 0.905. The number of halogens is 1. The number of hydrogen-bond donors (Lipinski definition) is 1. The Labute approximate surface area is 124 Å². The van der Waals surface area contributed by atoms with Crippen LogP contribution in [0.15, 0.2) is 24.3 Å². The number of nitrogens with one attached hydrogen (secondary N) is 1. The molecule has 1 heterocycles. The van der Waals surface area contributed by atoms with E-state index in [1.165, 1.54) is 16.4 Å². The Morgan fingerprint density at radius 2 is 2.24 bits per heavy atom. The molecule has 0 radical (unpaired) electrons. The highest BCUT2D eigenvalue weighted by Gasteiger charge is 2.29. The van der Waals surface area contributed by atoms with E-state index in [9.17, 15) is 17.6 Å². The summed E-state index contributed by atoms with van der Waals surface area (Å²) in [5, 5.41) is 2.74. The van der Waals surface area contributed by atoms with Crippen LogP contribution in [0, 0.1) is 11.7 Å². The predicted molar refractivity (Wildman–Crippen MR) is 77.4 cm³/mol. The van der Waals surface area contributed by atoms with Crippen molar-refractivity contribution < 1.29 is 17.6 Å². The fraction of sp³-hybridized carbons (Fsp3) is 0.500. The second kappa shape index (κ2) is 6.53. The van der Waals surface area contributed by atoms with Crippen molar-refractivity contribution in [1.29, 1.82) is 0 Å². The molecule has 21 heavy (non-hydrogen) atoms. The van der Waals surface area contributed by atoms with Gasteiger partial charge in [0.25, 0.3) is 0 Å². The van der Waals surface area contributed by atoms with E-state index in [1.807, 2.05) is 0 Å². The third-order valence-corrected chi connectivity index (χ3v) is 4.85. The molecule has 1 atom stereocenters. The fourth-order valence-electron chi connectivity index (χ4n) is 2.44. The Morgan fingerprint density at radius 3 is 2.90 bits per heavy atom. The lowest BCUT2D eigenvalue weighted by molar-refractivity contribution is -0.126. The van der Waals surface area contributed by atoms with Crippen molar-refractivity contribution in [3.63, 3.8) is 0 Å². The molecular formula is C14H19FN2O3S. The molecule has 1 aromatic rings. The SMILES string of the molecule is CS(=O)(=O)N1CCC[C@H](C(=O)NCc2cccc(F)c2)C1. The molecule has 5 nitrogen and oxygen atoms in total. The molecule has 0 unspecified atom stereocenters. The maximum Gasteiger partial charge on any atom is 0.224 e. The number of sulfonamides is 1. The predicted octanol–water partition coefficient (Wildman–Crippen LogP) is 1.11. The Morgan fingerprint density at radius 1 is 1.48 bits per heavy atom. The molecule has 1 aliphatic heterocycles. The minimum Gasteiger partial charge on any atom is -0.352 e. The fourth-order valence-corrected chi connectivity index (χ4v) is 3.35. The lowest BCUT2D eigenvalue weighted by atomic mass is 9.99. The topological polar surface area (TPSA) is 66.5 Å². The summed E-state index contributed by atoms with van der Waals surface area (Å²) < 4.78 is 37.4. The number of carbonyl (C=O) groups is 1. The van der Waals surface area contributed by atoms with Crippen LogP contribution in [-0.2, 0) is 21.4 Å². The van der Waals surface area contributed by atoms with E-state index in [1.54, 1.807) is 12.1 Å². The average molecular weight is 314 g/mol. The number of nitrogens with zero attached hydrogens (tertiary/aromatic N) is 1. The first-order valence-electron chi connectivity index (χ1n) is 6.83. The van der Waals surface area contributed by atoms with Crippen molar-refractivity contribution in [2.75, 3.05) is 19.3 Å². The number of amides is 1. The molecule has 0 aromatic heterocycles. The molecule has 1 saturated heterocycles. The van der Waals surface area contributed by atoms with Crippen LogP contribution in [0.2, 0.25) is 0 Å². The van der Waals surface area contributed by atoms with Crippen molar-refractivity contribution in [3.05, 3.63) is 35.6 Å². The highest BCUT2D eigenvalue weighted by molar-refractivity contribution is 7.88. The van der Waals surface area contributed by atoms with Gasteiger partial charge >= 0.3 is 0 Å². The van der Waals surface area contributed by atoms with Crippen LogP contribution in [0.25, 0.3) is 0 Å². The maximum absolute atomic E-state index is 13.0. The average Bonchev–Trinajstić information content (AvgIpc) is 2.44. The summed E-state index contributed by atoms with van der Waals surface area (Å²) in [6.07, 6.45) is 2.49. The van der Waals surface area contributed by atoms with E-state index in [-0.39, 0.29) is 30.7 Å². The second-order valence-electron chi connectivity index (χ2n) is 5.31. The minimum atomic E-state index is -3.26. The molecule has 1 N–H and O–H groups in total. The number of hydrogen-bond acceptors (Lipinski definition) is 3. The summed E-state index contributed by atoms with van der Waals surface area (Å²) in [6.45, 7) is 0.923. The van der Waals surface area contributed by atoms with Gasteiger partial charge in [-0.1, -0.05) is 12.1 Å². The van der Waals surface area contributed by atoms with Gasteiger partial charge in [0.05, 0.1) is 12.2 Å². The summed E-state index contributed by atoms with van der Waals surface area (Å²) >= 11 is 0. The molecule has 7 heteroatoms. The van der Waals surface area contributed by atoms with Crippen LogP contribution < -0.4 is 5.32 Å². The molecule has 2 rings (SSSR count). The van der Waals surface area contributed by atoms with Gasteiger partial charge in [0.1, 0.15) is 5.82 Å². The summed E-state index contributed by atoms with van der Waals surface area (Å²) in [5.74, 6) is -0.877. The van der Waals surface area contributed by atoms with Crippen LogP contribution in [0.1, 0.15) is 18.4 Å². The van der Waals surface area contributed by atoms with Crippen LogP contribution in [0.4, 0.5) is 4.39 Å². The standard InChI is InChI=1S/C14H19FN2O3S/c1-21(19,20)17-7-3-5-12(10-17)14(18)16-9-11-4-2-6-13(15)8-11/h2,4,6,8,12H,3,5,7,9-10H2,1H3,(H,16,18)/t12-/m0/s1. The Balaban J connectivity index is 1.91. The largest absolute Gasteiger partial charge is 0.352 e. The summed E-state index contributed by atoms with van der Waals surface area (Å²) in [7, 11) is -3.26. The van der Waals surface area contributed by atoms with Gasteiger partial charge in [0.2, 0.25) is 15.9 Å². The number of rotatable bonds is 4. The van der Waals surface area contributed by atoms with Crippen LogP contribution in [-0.4, -0.2) is 38.0 Å². The molecule has 1 aliphatic rings. The lowest BCUT2D eigenvalue weighted by Gasteiger charge is -2.30. The molecule has 0 bridgehead atoms. The molecule has 0 aliphatic carbocycles. The monoisotopic (exact) mass is 314 g/mol. The second-order valence-corrected chi connectivity index (χ2v) is 7.29. The van der Waals surface area contributed by atoms with E-state index in [4.69, 9.17) is 0 Å². The molecule has 1 fully saturated rings. The van der Waals surface area contributed by atoms with Crippen molar-refractivity contribution in [1.82, 2.24) is 9.62 Å². The smallest absolute Gasteiger partial charge is 0.224 e. The molecule has 0 spiro atoms. The van der Waals surface area contributed by atoms with Crippen LogP contribution in [0.5, 0.6) is 0 Å². The zero-order valence-corrected chi connectivity index (χ0v) is 12.7. The third kappa shape index (κ3) is 4.50. The van der Waals surface area contributed by atoms with Gasteiger partial charge in [0.15, 0.2) is 0 Å². The maximum atomic E-state index is 13.0. The van der Waals surface area contributed by atoms with Crippen LogP contribution >= 0.6 is 0 Å². The minimum absolute atomic E-state index is 0.187. The summed E-state index contributed by atoms with van der Waals surface area (Å²) in [6, 6.07) is 6.02. The lowest BCUT2D eigenvalue weighted by Crippen LogP contribution is -2.44. The zero-order chi connectivity index (χ0) is 15.5. The van der Waals surface area contributed by atoms with Crippen LogP contribution in [0.3, 0.4) is 0 Å². The third-order valence-electron chi connectivity index (χ3n) is 3.58. The molecular weight excluding hydrogens is 295 g/mol. The normalized spacial score (nSPS) is 20.2. The van der Waals surface area contributed by atoms with Gasteiger partial charge in [0, 0.05) is 19.6 Å². The van der Waals surface area contributed by atoms with Gasteiger partial charge in [-0.3, -0.25) is 4.79 Å². The zero-order valence-electron chi connectivity index (χ0n) is 11.9. The molecule has 116 valence electrons. The summed E-state index contributed by atoms with van der Waals surface area (Å²) in [5.41, 5.74) is 0.680. The van der Waals surface area contributed by atoms with E-state index >= 15 is 0 Å². The Kier molecular flexibility index (Phi) is 4.95. The molecule has 1 amide bonds. The van der Waals surface area contributed by atoms with Gasteiger partial charge in [-0.2, -0.15) is 0 Å². The van der Waals surface area contributed by atoms with Crippen molar-refractivity contribution in [3.8, 4) is 0 Å². The first-order valence-corrected chi connectivity index (χ1v) is 8.68. The Bertz CT molecular complexity index is 618. The van der Waals surface area contributed by atoms with E-state index in [0.717, 1.165) is 6.26 Å². The van der Waals surface area contributed by atoms with E-state index in [2.05, 4.69) is 5.32 Å². The van der Waals surface area contributed by atoms with E-state index in [0.29, 0.717) is 24.9 Å².